The second-order valence-electron chi connectivity index (χ2n) is 4.33. The van der Waals surface area contributed by atoms with Crippen molar-refractivity contribution in [3.63, 3.8) is 0 Å². The maximum Gasteiger partial charge on any atom is 0.126 e. The number of hydrogen-bond acceptors (Lipinski definition) is 3. The second-order valence-corrected chi connectivity index (χ2v) is 4.33. The summed E-state index contributed by atoms with van der Waals surface area (Å²) in [6, 6.07) is 4.79. The lowest BCUT2D eigenvalue weighted by Gasteiger charge is -2.18. The Hall–Kier alpha value is -1.22. The minimum atomic E-state index is 0.167. The highest BCUT2D eigenvalue weighted by Gasteiger charge is 2.21. The van der Waals surface area contributed by atoms with Gasteiger partial charge in [0.05, 0.1) is 0 Å². The van der Waals surface area contributed by atoms with Gasteiger partial charge in [-0.15, -0.1) is 0 Å². The van der Waals surface area contributed by atoms with Crippen molar-refractivity contribution < 1.29 is 4.79 Å². The van der Waals surface area contributed by atoms with Gasteiger partial charge in [-0.3, -0.25) is 9.88 Å². The van der Waals surface area contributed by atoms with Crippen LogP contribution in [0.2, 0.25) is 0 Å². The number of rotatable bonds is 1. The third-order valence-electron chi connectivity index (χ3n) is 2.59. The van der Waals surface area contributed by atoms with Gasteiger partial charge in [0, 0.05) is 18.4 Å². The Morgan fingerprint density at radius 3 is 2.62 bits per heavy atom. The quantitative estimate of drug-likeness (QED) is 0.729. The number of aromatic nitrogens is 1. The van der Waals surface area contributed by atoms with Crippen LogP contribution in [0.5, 0.6) is 0 Å². The van der Waals surface area contributed by atoms with E-state index in [0.717, 1.165) is 0 Å². The number of likely N-dealkylation sites (tertiary alicyclic amines) is 1. The van der Waals surface area contributed by atoms with Crippen LogP contribution in [-0.2, 0) is 4.79 Å². The summed E-state index contributed by atoms with van der Waals surface area (Å²) in [6.07, 6.45) is 6.41. The van der Waals surface area contributed by atoms with Crippen molar-refractivity contribution in [2.45, 2.75) is 32.7 Å². The molecule has 0 radical (unpaired) electrons. The minimum absolute atomic E-state index is 0.167. The number of hydrogen-bond donors (Lipinski definition) is 0. The molecule has 0 bridgehead atoms. The molecule has 0 aromatic carbocycles. The summed E-state index contributed by atoms with van der Waals surface area (Å²) < 4.78 is 0. The largest absolute Gasteiger partial charge is 0.300 e. The molecule has 0 amide bonds. The molecule has 1 atom stereocenters. The van der Waals surface area contributed by atoms with E-state index in [1.165, 1.54) is 38.8 Å². The first kappa shape index (κ1) is 12.8. The zero-order chi connectivity index (χ0) is 12.0. The van der Waals surface area contributed by atoms with Crippen LogP contribution in [0.25, 0.3) is 0 Å². The fourth-order valence-electron chi connectivity index (χ4n) is 1.90. The molecule has 0 saturated carbocycles. The highest BCUT2D eigenvalue weighted by Crippen LogP contribution is 2.29. The zero-order valence-corrected chi connectivity index (χ0v) is 10.3. The summed E-state index contributed by atoms with van der Waals surface area (Å²) in [7, 11) is 2.19. The third-order valence-corrected chi connectivity index (χ3v) is 2.59. The normalized spacial score (nSPS) is 20.1. The molecule has 1 unspecified atom stereocenters. The Morgan fingerprint density at radius 2 is 2.19 bits per heavy atom. The van der Waals surface area contributed by atoms with Crippen LogP contribution in [0.4, 0.5) is 0 Å². The van der Waals surface area contributed by atoms with Crippen LogP contribution in [0.3, 0.4) is 0 Å². The molecule has 1 fully saturated rings. The fraction of sp³-hybridized carbons (Fsp3) is 0.538. The Morgan fingerprint density at radius 1 is 1.50 bits per heavy atom. The second kappa shape index (κ2) is 6.38. The van der Waals surface area contributed by atoms with Gasteiger partial charge in [0.15, 0.2) is 0 Å². The molecule has 16 heavy (non-hydrogen) atoms. The molecule has 0 aliphatic carbocycles. The third kappa shape index (κ3) is 4.11. The summed E-state index contributed by atoms with van der Waals surface area (Å²) in [6.45, 7) is 4.28. The van der Waals surface area contributed by atoms with Crippen molar-refractivity contribution in [1.82, 2.24) is 9.88 Å². The van der Waals surface area contributed by atoms with E-state index in [9.17, 15) is 4.79 Å². The van der Waals surface area contributed by atoms with Crippen LogP contribution in [0, 0.1) is 0 Å². The summed E-state index contributed by atoms with van der Waals surface area (Å²) >= 11 is 0. The molecule has 2 heterocycles. The van der Waals surface area contributed by atoms with Gasteiger partial charge in [-0.2, -0.15) is 0 Å². The molecule has 1 aromatic heterocycles. The lowest BCUT2D eigenvalue weighted by molar-refractivity contribution is -0.114. The number of nitrogens with zero attached hydrogens (tertiary/aromatic N) is 2. The number of pyridine rings is 1. The molecule has 2 rings (SSSR count). The first-order valence-electron chi connectivity index (χ1n) is 5.68. The average Bonchev–Trinajstić information content (AvgIpc) is 2.65. The summed E-state index contributed by atoms with van der Waals surface area (Å²) in [5, 5.41) is 0. The highest BCUT2D eigenvalue weighted by atomic mass is 16.1. The molecule has 1 aliphatic heterocycles. The Kier molecular flexibility index (Phi) is 5.12. The van der Waals surface area contributed by atoms with Crippen LogP contribution in [0.1, 0.15) is 38.3 Å². The van der Waals surface area contributed by atoms with Gasteiger partial charge in [0.1, 0.15) is 5.78 Å². The molecule has 0 N–H and O–H groups in total. The van der Waals surface area contributed by atoms with Crippen molar-refractivity contribution >= 4 is 5.78 Å². The van der Waals surface area contributed by atoms with Crippen LogP contribution >= 0.6 is 0 Å². The fourth-order valence-corrected chi connectivity index (χ4v) is 1.90. The van der Waals surface area contributed by atoms with Crippen LogP contribution < -0.4 is 0 Å². The van der Waals surface area contributed by atoms with E-state index < -0.39 is 0 Å². The summed E-state index contributed by atoms with van der Waals surface area (Å²) in [4.78, 5) is 16.0. The first-order chi connectivity index (χ1) is 7.61. The molecular weight excluding hydrogens is 200 g/mol. The van der Waals surface area contributed by atoms with Crippen molar-refractivity contribution in [1.29, 1.82) is 0 Å². The lowest BCUT2D eigenvalue weighted by Crippen LogP contribution is -2.17. The molecule has 0 spiro atoms. The van der Waals surface area contributed by atoms with Crippen molar-refractivity contribution in [3.8, 4) is 0 Å². The minimum Gasteiger partial charge on any atom is -0.300 e. The molecule has 1 aliphatic rings. The maximum atomic E-state index is 9.44. The molecule has 1 aromatic rings. The molecular formula is C13H20N2O. The number of carbonyl (C=O) groups excluding carboxylic acids is 1. The molecule has 3 heteroatoms. The highest BCUT2D eigenvalue weighted by molar-refractivity contribution is 5.72. The van der Waals surface area contributed by atoms with Crippen molar-refractivity contribution in [2.75, 3.05) is 13.6 Å². The van der Waals surface area contributed by atoms with E-state index in [4.69, 9.17) is 0 Å². The Labute approximate surface area is 97.5 Å². The van der Waals surface area contributed by atoms with Gasteiger partial charge in [-0.25, -0.2) is 0 Å². The van der Waals surface area contributed by atoms with Gasteiger partial charge >= 0.3 is 0 Å². The smallest absolute Gasteiger partial charge is 0.126 e. The van der Waals surface area contributed by atoms with Crippen LogP contribution in [-0.4, -0.2) is 29.3 Å². The van der Waals surface area contributed by atoms with Gasteiger partial charge in [0.2, 0.25) is 0 Å². The van der Waals surface area contributed by atoms with E-state index >= 15 is 0 Å². The monoisotopic (exact) mass is 220 g/mol. The van der Waals surface area contributed by atoms with Gasteiger partial charge < -0.3 is 4.79 Å². The molecule has 3 nitrogen and oxygen atoms in total. The van der Waals surface area contributed by atoms with E-state index in [-0.39, 0.29) is 5.78 Å². The SMILES string of the molecule is CC(C)=O.CN1CCCC1c1cccnc1. The van der Waals surface area contributed by atoms with E-state index in [1.54, 1.807) is 0 Å². The maximum absolute atomic E-state index is 9.44. The van der Waals surface area contributed by atoms with Gasteiger partial charge in [0.25, 0.3) is 0 Å². The van der Waals surface area contributed by atoms with Crippen LogP contribution in [0.15, 0.2) is 24.5 Å². The first-order valence-corrected chi connectivity index (χ1v) is 5.68. The predicted octanol–water partition coefficient (Wildman–Crippen LogP) is 2.44. The topological polar surface area (TPSA) is 33.2 Å². The van der Waals surface area contributed by atoms with E-state index in [0.29, 0.717) is 6.04 Å². The summed E-state index contributed by atoms with van der Waals surface area (Å²) in [5.41, 5.74) is 1.36. The number of carbonyl (C=O) groups is 1. The Balaban J connectivity index is 0.000000280. The average molecular weight is 220 g/mol. The van der Waals surface area contributed by atoms with Gasteiger partial charge in [-0.05, 0) is 51.9 Å². The zero-order valence-electron chi connectivity index (χ0n) is 10.3. The molecule has 88 valence electrons. The van der Waals surface area contributed by atoms with Crippen molar-refractivity contribution in [3.05, 3.63) is 30.1 Å². The van der Waals surface area contributed by atoms with Gasteiger partial charge in [-0.1, -0.05) is 6.07 Å². The van der Waals surface area contributed by atoms with E-state index in [2.05, 4.69) is 23.0 Å². The number of Topliss-reactive ketones (excluding diaryl/α,β-unsaturated/α-hetero) is 1. The molecule has 1 saturated heterocycles. The van der Waals surface area contributed by atoms with E-state index in [1.807, 2.05) is 18.5 Å². The Bertz CT molecular complexity index is 320. The van der Waals surface area contributed by atoms with Crippen molar-refractivity contribution in [2.24, 2.45) is 0 Å². The number of ketones is 1. The predicted molar refractivity (Wildman–Crippen MR) is 65.2 cm³/mol. The lowest BCUT2D eigenvalue weighted by atomic mass is 10.1. The summed E-state index contributed by atoms with van der Waals surface area (Å²) in [5.74, 6) is 0.167. The standard InChI is InChI=1S/C10H14N2.C3H6O/c1-12-7-3-5-10(12)9-4-2-6-11-8-9;1-3(2)4/h2,4,6,8,10H,3,5,7H2,1H3;1-2H3.